The van der Waals surface area contributed by atoms with Crippen LogP contribution in [0.15, 0.2) is 48.5 Å². The second-order valence-electron chi connectivity index (χ2n) is 5.48. The lowest BCUT2D eigenvalue weighted by atomic mass is 10.1. The number of halogens is 3. The van der Waals surface area contributed by atoms with Crippen molar-refractivity contribution < 1.29 is 26.4 Å². The SMILES string of the molecule is CS(=O)(=O)Nc1ccccc1C(=O)NCC#Cc1cccc(C(F)(F)F)c1. The minimum atomic E-state index is -4.46. The number of sulfonamides is 1. The van der Waals surface area contributed by atoms with E-state index in [4.69, 9.17) is 0 Å². The highest BCUT2D eigenvalue weighted by atomic mass is 32.2. The van der Waals surface area contributed by atoms with Crippen LogP contribution in [0.5, 0.6) is 0 Å². The number of carbonyl (C=O) groups is 1. The van der Waals surface area contributed by atoms with E-state index in [0.29, 0.717) is 0 Å². The van der Waals surface area contributed by atoms with E-state index in [1.165, 1.54) is 24.3 Å². The second-order valence-corrected chi connectivity index (χ2v) is 7.23. The van der Waals surface area contributed by atoms with Gasteiger partial charge in [-0.05, 0) is 30.3 Å². The molecule has 9 heteroatoms. The maximum Gasteiger partial charge on any atom is 0.416 e. The lowest BCUT2D eigenvalue weighted by molar-refractivity contribution is -0.137. The molecule has 0 aliphatic heterocycles. The van der Waals surface area contributed by atoms with Gasteiger partial charge in [0.05, 0.1) is 29.6 Å². The zero-order valence-electron chi connectivity index (χ0n) is 14.1. The Hall–Kier alpha value is -2.99. The van der Waals surface area contributed by atoms with Crippen molar-refractivity contribution in [3.8, 4) is 11.8 Å². The minimum absolute atomic E-state index is 0.101. The van der Waals surface area contributed by atoms with E-state index in [-0.39, 0.29) is 23.4 Å². The van der Waals surface area contributed by atoms with Crippen molar-refractivity contribution >= 4 is 21.6 Å². The van der Waals surface area contributed by atoms with E-state index in [2.05, 4.69) is 21.9 Å². The first-order valence-corrected chi connectivity index (χ1v) is 9.46. The number of para-hydroxylation sites is 1. The third kappa shape index (κ3) is 6.34. The van der Waals surface area contributed by atoms with E-state index in [9.17, 15) is 26.4 Å². The van der Waals surface area contributed by atoms with Crippen molar-refractivity contribution in [1.82, 2.24) is 5.32 Å². The van der Waals surface area contributed by atoms with Crippen LogP contribution in [0.4, 0.5) is 18.9 Å². The Kier molecular flexibility index (Phi) is 6.13. The summed E-state index contributed by atoms with van der Waals surface area (Å²) in [6.45, 7) is -0.123. The molecule has 0 spiro atoms. The fourth-order valence-corrected chi connectivity index (χ4v) is 2.69. The highest BCUT2D eigenvalue weighted by Crippen LogP contribution is 2.29. The molecule has 2 aromatic carbocycles. The zero-order chi connectivity index (χ0) is 20.1. The maximum absolute atomic E-state index is 12.7. The standard InChI is InChI=1S/C18H15F3N2O3S/c1-27(25,26)23-16-10-3-2-9-15(16)17(24)22-11-5-7-13-6-4-8-14(12-13)18(19,20)21/h2-4,6,8-10,12,23H,11H2,1H3,(H,22,24). The van der Waals surface area contributed by atoms with Crippen LogP contribution in [0, 0.1) is 11.8 Å². The zero-order valence-corrected chi connectivity index (χ0v) is 14.9. The quantitative estimate of drug-likeness (QED) is 0.781. The Morgan fingerprint density at radius 1 is 1.11 bits per heavy atom. The van der Waals surface area contributed by atoms with Crippen molar-refractivity contribution in [3.05, 3.63) is 65.2 Å². The molecule has 0 aromatic heterocycles. The van der Waals surface area contributed by atoms with Crippen molar-refractivity contribution in [1.29, 1.82) is 0 Å². The van der Waals surface area contributed by atoms with Gasteiger partial charge in [0.2, 0.25) is 10.0 Å². The largest absolute Gasteiger partial charge is 0.416 e. The first-order valence-electron chi connectivity index (χ1n) is 7.57. The summed E-state index contributed by atoms with van der Waals surface area (Å²) in [7, 11) is -3.56. The molecule has 0 aliphatic rings. The average molecular weight is 396 g/mol. The molecule has 1 amide bonds. The van der Waals surface area contributed by atoms with Gasteiger partial charge in [-0.3, -0.25) is 9.52 Å². The molecular weight excluding hydrogens is 381 g/mol. The highest BCUT2D eigenvalue weighted by molar-refractivity contribution is 7.92. The van der Waals surface area contributed by atoms with Crippen molar-refractivity contribution in [2.75, 3.05) is 17.5 Å². The lowest BCUT2D eigenvalue weighted by Gasteiger charge is -2.09. The van der Waals surface area contributed by atoms with E-state index in [1.54, 1.807) is 12.1 Å². The lowest BCUT2D eigenvalue weighted by Crippen LogP contribution is -2.25. The molecule has 2 rings (SSSR count). The molecule has 0 heterocycles. The molecule has 142 valence electrons. The topological polar surface area (TPSA) is 75.3 Å². The minimum Gasteiger partial charge on any atom is -0.341 e. The van der Waals surface area contributed by atoms with Crippen LogP contribution in [0.2, 0.25) is 0 Å². The molecular formula is C18H15F3N2O3S. The van der Waals surface area contributed by atoms with Crippen LogP contribution in [0.25, 0.3) is 0 Å². The Labute approximate surface area is 154 Å². The summed E-state index contributed by atoms with van der Waals surface area (Å²) in [5.74, 6) is 4.53. The molecule has 0 radical (unpaired) electrons. The number of hydrogen-bond acceptors (Lipinski definition) is 3. The van der Waals surface area contributed by atoms with Crippen LogP contribution in [-0.4, -0.2) is 27.1 Å². The maximum atomic E-state index is 12.7. The van der Waals surface area contributed by atoms with Gasteiger partial charge in [0, 0.05) is 5.56 Å². The molecule has 27 heavy (non-hydrogen) atoms. The number of rotatable bonds is 4. The number of benzene rings is 2. The normalized spacial score (nSPS) is 11.3. The first-order chi connectivity index (χ1) is 12.6. The smallest absolute Gasteiger partial charge is 0.341 e. The number of carbonyl (C=O) groups excluding carboxylic acids is 1. The predicted octanol–water partition coefficient (Wildman–Crippen LogP) is 2.86. The van der Waals surface area contributed by atoms with Gasteiger partial charge in [-0.15, -0.1) is 0 Å². The molecule has 0 saturated carbocycles. The highest BCUT2D eigenvalue weighted by Gasteiger charge is 2.30. The number of alkyl halides is 3. The summed E-state index contributed by atoms with van der Waals surface area (Å²) in [5.41, 5.74) is -0.426. The van der Waals surface area contributed by atoms with Gasteiger partial charge in [-0.2, -0.15) is 13.2 Å². The molecule has 0 atom stereocenters. The Morgan fingerprint density at radius 3 is 2.48 bits per heavy atom. The molecule has 0 saturated heterocycles. The fourth-order valence-electron chi connectivity index (χ4n) is 2.11. The first kappa shape index (κ1) is 20.3. The molecule has 0 bridgehead atoms. The van der Waals surface area contributed by atoms with E-state index in [0.717, 1.165) is 18.4 Å². The third-order valence-corrected chi connectivity index (χ3v) is 3.82. The summed E-state index contributed by atoms with van der Waals surface area (Å²) in [4.78, 5) is 12.2. The van der Waals surface area contributed by atoms with E-state index < -0.39 is 27.7 Å². The van der Waals surface area contributed by atoms with Gasteiger partial charge in [0.15, 0.2) is 0 Å². The summed E-state index contributed by atoms with van der Waals surface area (Å²) in [6.07, 6.45) is -3.50. The van der Waals surface area contributed by atoms with Crippen LogP contribution in [0.3, 0.4) is 0 Å². The summed E-state index contributed by atoms with van der Waals surface area (Å²) >= 11 is 0. The van der Waals surface area contributed by atoms with Crippen molar-refractivity contribution in [3.63, 3.8) is 0 Å². The number of anilines is 1. The van der Waals surface area contributed by atoms with Crippen LogP contribution in [-0.2, 0) is 16.2 Å². The molecule has 0 unspecified atom stereocenters. The summed E-state index contributed by atoms with van der Waals surface area (Å²) in [6, 6.07) is 10.5. The molecule has 5 nitrogen and oxygen atoms in total. The van der Waals surface area contributed by atoms with Gasteiger partial charge in [-0.25, -0.2) is 8.42 Å². The molecule has 2 aromatic rings. The Balaban J connectivity index is 2.06. The van der Waals surface area contributed by atoms with Crippen LogP contribution in [0.1, 0.15) is 21.5 Å². The van der Waals surface area contributed by atoms with Gasteiger partial charge >= 0.3 is 6.18 Å². The van der Waals surface area contributed by atoms with Gasteiger partial charge < -0.3 is 5.32 Å². The third-order valence-electron chi connectivity index (χ3n) is 3.23. The monoisotopic (exact) mass is 396 g/mol. The van der Waals surface area contributed by atoms with Gasteiger partial charge in [0.1, 0.15) is 0 Å². The van der Waals surface area contributed by atoms with E-state index >= 15 is 0 Å². The van der Waals surface area contributed by atoms with Gasteiger partial charge in [0.25, 0.3) is 5.91 Å². The number of nitrogens with one attached hydrogen (secondary N) is 2. The van der Waals surface area contributed by atoms with Crippen molar-refractivity contribution in [2.45, 2.75) is 6.18 Å². The average Bonchev–Trinajstić information content (AvgIpc) is 2.57. The fraction of sp³-hybridized carbons (Fsp3) is 0.167. The number of amides is 1. The Morgan fingerprint density at radius 2 is 1.81 bits per heavy atom. The second kappa shape index (κ2) is 8.14. The summed E-state index contributed by atoms with van der Waals surface area (Å²) in [5, 5.41) is 2.47. The van der Waals surface area contributed by atoms with Crippen LogP contribution >= 0.6 is 0 Å². The van der Waals surface area contributed by atoms with Gasteiger partial charge in [-0.1, -0.05) is 30.0 Å². The number of hydrogen-bond donors (Lipinski definition) is 2. The van der Waals surface area contributed by atoms with E-state index in [1.807, 2.05) is 0 Å². The van der Waals surface area contributed by atoms with Crippen LogP contribution < -0.4 is 10.0 Å². The Bertz CT molecular complexity index is 1010. The molecule has 2 N–H and O–H groups in total. The van der Waals surface area contributed by atoms with Crippen molar-refractivity contribution in [2.24, 2.45) is 0 Å². The molecule has 0 aliphatic carbocycles. The summed E-state index contributed by atoms with van der Waals surface area (Å²) < 4.78 is 62.9. The molecule has 0 fully saturated rings. The predicted molar refractivity (Wildman–Crippen MR) is 95.6 cm³/mol.